The van der Waals surface area contributed by atoms with Crippen LogP contribution in [0.4, 0.5) is 5.69 Å². The quantitative estimate of drug-likeness (QED) is 0.314. The van der Waals surface area contributed by atoms with Gasteiger partial charge in [0.2, 0.25) is 11.8 Å². The van der Waals surface area contributed by atoms with Gasteiger partial charge in [-0.2, -0.15) is 0 Å². The Morgan fingerprint density at radius 2 is 1.54 bits per heavy atom. The summed E-state index contributed by atoms with van der Waals surface area (Å²) in [4.78, 5) is 29.0. The Hall–Kier alpha value is -3.36. The molecule has 218 valence electrons. The molecule has 1 atom stereocenters. The highest BCUT2D eigenvalue weighted by Gasteiger charge is 2.34. The molecule has 1 aliphatic rings. The number of carbonyl (C=O) groups excluding carboxylic acids is 2. The van der Waals surface area contributed by atoms with Crippen molar-refractivity contribution >= 4 is 39.1 Å². The second kappa shape index (κ2) is 13.1. The first-order valence-electron chi connectivity index (χ1n) is 14.0. The summed E-state index contributed by atoms with van der Waals surface area (Å²) in [6.45, 7) is 6.93. The van der Waals surface area contributed by atoms with E-state index in [1.807, 2.05) is 32.9 Å². The van der Waals surface area contributed by atoms with Crippen LogP contribution < -0.4 is 9.62 Å². The molecule has 9 heteroatoms. The van der Waals surface area contributed by atoms with Gasteiger partial charge in [-0.1, -0.05) is 66.4 Å². The second-order valence-electron chi connectivity index (χ2n) is 10.9. The average molecular weight is 596 g/mol. The van der Waals surface area contributed by atoms with Crippen molar-refractivity contribution in [2.75, 3.05) is 10.8 Å². The van der Waals surface area contributed by atoms with E-state index in [1.165, 1.54) is 9.21 Å². The van der Waals surface area contributed by atoms with Crippen LogP contribution in [-0.2, 0) is 26.2 Å². The minimum Gasteiger partial charge on any atom is -0.352 e. The fourth-order valence-corrected chi connectivity index (χ4v) is 6.70. The van der Waals surface area contributed by atoms with E-state index in [0.29, 0.717) is 10.7 Å². The molecule has 1 saturated carbocycles. The zero-order chi connectivity index (χ0) is 29.7. The minimum atomic E-state index is -4.11. The molecule has 1 fully saturated rings. The molecule has 3 aromatic carbocycles. The molecule has 0 spiro atoms. The van der Waals surface area contributed by atoms with Gasteiger partial charge >= 0.3 is 0 Å². The summed E-state index contributed by atoms with van der Waals surface area (Å²) in [6, 6.07) is 18.4. The van der Waals surface area contributed by atoms with Crippen LogP contribution in [0.2, 0.25) is 5.02 Å². The van der Waals surface area contributed by atoms with Gasteiger partial charge in [-0.3, -0.25) is 13.9 Å². The van der Waals surface area contributed by atoms with Crippen molar-refractivity contribution in [3.05, 3.63) is 94.0 Å². The number of aryl methyl sites for hydroxylation is 3. The Labute approximate surface area is 248 Å². The molecule has 0 heterocycles. The fraction of sp³-hybridized carbons (Fsp3) is 0.375. The molecule has 0 aliphatic heterocycles. The molecular weight excluding hydrogens is 558 g/mol. The highest BCUT2D eigenvalue weighted by molar-refractivity contribution is 7.92. The molecule has 4 rings (SSSR count). The SMILES string of the molecule is Cc1ccc(S(=O)(=O)N(CC(=O)N(Cc2ccc(Cl)cc2)[C@H](C)C(=O)NC2CCCC2)c2cc(C)ccc2C)cc1. The summed E-state index contributed by atoms with van der Waals surface area (Å²) in [7, 11) is -4.11. The standard InChI is InChI=1S/C32H38ClN3O4S/c1-22-10-17-29(18-11-22)41(39,40)36(30-19-23(2)9-12-24(30)3)21-31(37)35(20-26-13-15-27(33)16-14-26)25(4)32(38)34-28-7-5-6-8-28/h9-19,25,28H,5-8,20-21H2,1-4H3,(H,34,38)/t25-/m1/s1. The molecule has 0 radical (unpaired) electrons. The molecule has 0 aromatic heterocycles. The number of halogens is 1. The lowest BCUT2D eigenvalue weighted by Crippen LogP contribution is -2.52. The maximum atomic E-state index is 14.1. The van der Waals surface area contributed by atoms with Crippen molar-refractivity contribution in [1.82, 2.24) is 10.2 Å². The van der Waals surface area contributed by atoms with E-state index in [0.717, 1.165) is 47.9 Å². The number of sulfonamides is 1. The summed E-state index contributed by atoms with van der Waals surface area (Å²) >= 11 is 6.08. The van der Waals surface area contributed by atoms with Gasteiger partial charge in [0, 0.05) is 17.6 Å². The lowest BCUT2D eigenvalue weighted by Gasteiger charge is -2.33. The molecule has 0 unspecified atom stereocenters. The van der Waals surface area contributed by atoms with Crippen LogP contribution >= 0.6 is 11.6 Å². The van der Waals surface area contributed by atoms with Crippen molar-refractivity contribution < 1.29 is 18.0 Å². The first kappa shape index (κ1) is 30.6. The van der Waals surface area contributed by atoms with E-state index >= 15 is 0 Å². The topological polar surface area (TPSA) is 86.8 Å². The van der Waals surface area contributed by atoms with Gasteiger partial charge in [0.1, 0.15) is 12.6 Å². The zero-order valence-electron chi connectivity index (χ0n) is 24.1. The Kier molecular flexibility index (Phi) is 9.76. The number of carbonyl (C=O) groups is 2. The van der Waals surface area contributed by atoms with E-state index < -0.39 is 28.5 Å². The molecular formula is C32H38ClN3O4S. The van der Waals surface area contributed by atoms with Gasteiger partial charge in [-0.25, -0.2) is 8.42 Å². The third-order valence-corrected chi connectivity index (χ3v) is 9.68. The van der Waals surface area contributed by atoms with Gasteiger partial charge in [0.15, 0.2) is 0 Å². The summed E-state index contributed by atoms with van der Waals surface area (Å²) < 4.78 is 29.3. The molecule has 1 N–H and O–H groups in total. The first-order chi connectivity index (χ1) is 19.5. The normalized spacial score (nSPS) is 14.5. The van der Waals surface area contributed by atoms with Crippen LogP contribution in [0.25, 0.3) is 0 Å². The Balaban J connectivity index is 1.71. The number of hydrogen-bond donors (Lipinski definition) is 1. The molecule has 0 bridgehead atoms. The molecule has 2 amide bonds. The van der Waals surface area contributed by atoms with Crippen LogP contribution in [0, 0.1) is 20.8 Å². The number of nitrogens with one attached hydrogen (secondary N) is 1. The monoisotopic (exact) mass is 595 g/mol. The molecule has 0 saturated heterocycles. The van der Waals surface area contributed by atoms with E-state index in [4.69, 9.17) is 11.6 Å². The second-order valence-corrected chi connectivity index (χ2v) is 13.2. The predicted molar refractivity (Wildman–Crippen MR) is 163 cm³/mol. The van der Waals surface area contributed by atoms with Crippen LogP contribution in [-0.4, -0.2) is 43.8 Å². The number of benzene rings is 3. The van der Waals surface area contributed by atoms with Crippen molar-refractivity contribution in [2.24, 2.45) is 0 Å². The third kappa shape index (κ3) is 7.49. The Morgan fingerprint density at radius 3 is 2.17 bits per heavy atom. The van der Waals surface area contributed by atoms with Crippen molar-refractivity contribution in [3.63, 3.8) is 0 Å². The van der Waals surface area contributed by atoms with Crippen molar-refractivity contribution in [3.8, 4) is 0 Å². The van der Waals surface area contributed by atoms with Gasteiger partial charge < -0.3 is 10.2 Å². The largest absolute Gasteiger partial charge is 0.352 e. The molecule has 41 heavy (non-hydrogen) atoms. The van der Waals surface area contributed by atoms with Crippen molar-refractivity contribution in [1.29, 1.82) is 0 Å². The van der Waals surface area contributed by atoms with Crippen LogP contribution in [0.5, 0.6) is 0 Å². The molecule has 7 nitrogen and oxygen atoms in total. The average Bonchev–Trinajstić information content (AvgIpc) is 3.45. The first-order valence-corrected chi connectivity index (χ1v) is 15.8. The number of nitrogens with zero attached hydrogens (tertiary/aromatic N) is 2. The lowest BCUT2D eigenvalue weighted by atomic mass is 10.1. The number of hydrogen-bond acceptors (Lipinski definition) is 4. The summed E-state index contributed by atoms with van der Waals surface area (Å²) in [6.07, 6.45) is 3.96. The molecule has 3 aromatic rings. The maximum Gasteiger partial charge on any atom is 0.264 e. The highest BCUT2D eigenvalue weighted by atomic mass is 35.5. The van der Waals surface area contributed by atoms with Crippen molar-refractivity contribution in [2.45, 2.75) is 76.9 Å². The minimum absolute atomic E-state index is 0.0887. The fourth-order valence-electron chi connectivity index (χ4n) is 5.10. The van der Waals surface area contributed by atoms with E-state index in [-0.39, 0.29) is 23.4 Å². The molecule has 1 aliphatic carbocycles. The van der Waals surface area contributed by atoms with E-state index in [2.05, 4.69) is 5.32 Å². The Morgan fingerprint density at radius 1 is 0.927 bits per heavy atom. The number of amides is 2. The maximum absolute atomic E-state index is 14.1. The van der Waals surface area contributed by atoms with Gasteiger partial charge in [0.25, 0.3) is 10.0 Å². The van der Waals surface area contributed by atoms with Gasteiger partial charge in [-0.15, -0.1) is 0 Å². The van der Waals surface area contributed by atoms with Crippen LogP contribution in [0.15, 0.2) is 71.6 Å². The summed E-state index contributed by atoms with van der Waals surface area (Å²) in [5.41, 5.74) is 3.71. The van der Waals surface area contributed by atoms with Crippen LogP contribution in [0.3, 0.4) is 0 Å². The van der Waals surface area contributed by atoms with Gasteiger partial charge in [0.05, 0.1) is 10.6 Å². The third-order valence-electron chi connectivity index (χ3n) is 7.66. The smallest absolute Gasteiger partial charge is 0.264 e. The highest BCUT2D eigenvalue weighted by Crippen LogP contribution is 2.29. The van der Waals surface area contributed by atoms with Gasteiger partial charge in [-0.05, 0) is 87.6 Å². The van der Waals surface area contributed by atoms with E-state index in [9.17, 15) is 18.0 Å². The Bertz CT molecular complexity index is 1480. The van der Waals surface area contributed by atoms with E-state index in [1.54, 1.807) is 61.5 Å². The zero-order valence-corrected chi connectivity index (χ0v) is 25.6. The predicted octanol–water partition coefficient (Wildman–Crippen LogP) is 5.94. The number of anilines is 1. The summed E-state index contributed by atoms with van der Waals surface area (Å²) in [5.74, 6) is -0.732. The number of rotatable bonds is 10. The van der Waals surface area contributed by atoms with Crippen LogP contribution in [0.1, 0.15) is 54.9 Å². The summed E-state index contributed by atoms with van der Waals surface area (Å²) in [5, 5.41) is 3.65. The lowest BCUT2D eigenvalue weighted by molar-refractivity contribution is -0.139.